The van der Waals surface area contributed by atoms with E-state index in [4.69, 9.17) is 21.1 Å². The lowest BCUT2D eigenvalue weighted by atomic mass is 10.1. The third-order valence-electron chi connectivity index (χ3n) is 3.92. The number of methoxy groups -OCH3 is 2. The lowest BCUT2D eigenvalue weighted by Gasteiger charge is -2.17. The molecule has 0 saturated carbocycles. The van der Waals surface area contributed by atoms with Crippen molar-refractivity contribution in [2.45, 2.75) is 13.0 Å². The second-order valence-electron chi connectivity index (χ2n) is 5.58. The zero-order chi connectivity index (χ0) is 19.1. The minimum atomic E-state index is -0.768. The highest BCUT2D eigenvalue weighted by atomic mass is 35.5. The molecule has 26 heavy (non-hydrogen) atoms. The van der Waals surface area contributed by atoms with Gasteiger partial charge < -0.3 is 20.1 Å². The highest BCUT2D eigenvalue weighted by molar-refractivity contribution is 6.40. The molecular formula is C19H21ClN2O4. The van der Waals surface area contributed by atoms with E-state index in [0.717, 1.165) is 5.56 Å². The summed E-state index contributed by atoms with van der Waals surface area (Å²) >= 11 is 6.01. The smallest absolute Gasteiger partial charge is 0.313 e. The Morgan fingerprint density at radius 2 is 1.85 bits per heavy atom. The highest BCUT2D eigenvalue weighted by Gasteiger charge is 2.18. The van der Waals surface area contributed by atoms with Crippen LogP contribution in [0.15, 0.2) is 42.5 Å². The van der Waals surface area contributed by atoms with Crippen molar-refractivity contribution >= 4 is 29.1 Å². The van der Waals surface area contributed by atoms with Crippen molar-refractivity contribution in [2.24, 2.45) is 0 Å². The van der Waals surface area contributed by atoms with Gasteiger partial charge in [0.05, 0.1) is 13.2 Å². The van der Waals surface area contributed by atoms with Crippen LogP contribution in [0.4, 0.5) is 5.69 Å². The van der Waals surface area contributed by atoms with Crippen LogP contribution in [0.2, 0.25) is 5.02 Å². The van der Waals surface area contributed by atoms with E-state index in [-0.39, 0.29) is 6.54 Å². The standard InChI is InChI=1S/C19H21ClN2O4/c1-12-15(20)8-5-9-16(12)22-19(24)18(23)21-11-17(26-3)13-6-4-7-14(10-13)25-2/h4-10,17H,11H2,1-3H3,(H,21,23)(H,22,24). The van der Waals surface area contributed by atoms with Gasteiger partial charge in [0.25, 0.3) is 0 Å². The molecule has 7 heteroatoms. The van der Waals surface area contributed by atoms with E-state index in [1.54, 1.807) is 32.2 Å². The van der Waals surface area contributed by atoms with Crippen LogP contribution in [-0.4, -0.2) is 32.6 Å². The van der Waals surface area contributed by atoms with Crippen LogP contribution in [0.3, 0.4) is 0 Å². The quantitative estimate of drug-likeness (QED) is 0.759. The van der Waals surface area contributed by atoms with E-state index in [1.165, 1.54) is 7.11 Å². The third kappa shape index (κ3) is 4.97. The molecule has 0 aliphatic carbocycles. The van der Waals surface area contributed by atoms with Crippen LogP contribution < -0.4 is 15.4 Å². The summed E-state index contributed by atoms with van der Waals surface area (Å²) in [5.41, 5.74) is 2.02. The summed E-state index contributed by atoms with van der Waals surface area (Å²) < 4.78 is 10.6. The molecule has 2 amide bonds. The van der Waals surface area contributed by atoms with E-state index in [1.807, 2.05) is 24.3 Å². The first-order valence-corrected chi connectivity index (χ1v) is 8.35. The Kier molecular flexibility index (Phi) is 7.00. The van der Waals surface area contributed by atoms with E-state index < -0.39 is 17.9 Å². The summed E-state index contributed by atoms with van der Waals surface area (Å²) in [4.78, 5) is 24.2. The maximum Gasteiger partial charge on any atom is 0.313 e. The van der Waals surface area contributed by atoms with Crippen molar-refractivity contribution in [1.29, 1.82) is 0 Å². The first-order chi connectivity index (χ1) is 12.5. The summed E-state index contributed by atoms with van der Waals surface area (Å²) in [5.74, 6) is -0.838. The van der Waals surface area contributed by atoms with Crippen LogP contribution >= 0.6 is 11.6 Å². The van der Waals surface area contributed by atoms with Crippen LogP contribution in [0.5, 0.6) is 5.75 Å². The average Bonchev–Trinajstić information content (AvgIpc) is 2.65. The highest BCUT2D eigenvalue weighted by Crippen LogP contribution is 2.23. The zero-order valence-electron chi connectivity index (χ0n) is 14.8. The molecule has 138 valence electrons. The molecule has 0 fully saturated rings. The topological polar surface area (TPSA) is 76.7 Å². The van der Waals surface area contributed by atoms with Gasteiger partial charge in [-0.25, -0.2) is 0 Å². The number of amides is 2. The van der Waals surface area contributed by atoms with Crippen molar-refractivity contribution in [2.75, 3.05) is 26.1 Å². The molecule has 0 bridgehead atoms. The second-order valence-corrected chi connectivity index (χ2v) is 5.98. The maximum atomic E-state index is 12.1. The molecule has 2 aromatic rings. The fourth-order valence-corrected chi connectivity index (χ4v) is 2.54. The minimum Gasteiger partial charge on any atom is -0.497 e. The molecule has 1 atom stereocenters. The summed E-state index contributed by atoms with van der Waals surface area (Å²) in [5, 5.41) is 5.64. The largest absolute Gasteiger partial charge is 0.497 e. The van der Waals surface area contributed by atoms with Gasteiger partial charge in [0.1, 0.15) is 5.75 Å². The molecule has 2 rings (SSSR count). The number of nitrogens with one attached hydrogen (secondary N) is 2. The van der Waals surface area contributed by atoms with Crippen molar-refractivity contribution in [1.82, 2.24) is 5.32 Å². The summed E-state index contributed by atoms with van der Waals surface area (Å²) in [6.07, 6.45) is -0.408. The van der Waals surface area contributed by atoms with Gasteiger partial charge in [-0.05, 0) is 42.3 Å². The fourth-order valence-electron chi connectivity index (χ4n) is 2.37. The Hall–Kier alpha value is -2.57. The van der Waals surface area contributed by atoms with Gasteiger partial charge in [0, 0.05) is 24.4 Å². The van der Waals surface area contributed by atoms with Gasteiger partial charge in [-0.3, -0.25) is 9.59 Å². The average molecular weight is 377 g/mol. The Labute approximate surface area is 157 Å². The van der Waals surface area contributed by atoms with E-state index >= 15 is 0 Å². The lowest BCUT2D eigenvalue weighted by molar-refractivity contribution is -0.136. The SMILES string of the molecule is COc1cccc(C(CNC(=O)C(=O)Nc2cccc(Cl)c2C)OC)c1. The maximum absolute atomic E-state index is 12.1. The summed E-state index contributed by atoms with van der Waals surface area (Å²) in [7, 11) is 3.11. The number of ether oxygens (including phenoxy) is 2. The van der Waals surface area contributed by atoms with E-state index in [0.29, 0.717) is 22.0 Å². The van der Waals surface area contributed by atoms with E-state index in [2.05, 4.69) is 10.6 Å². The second kappa shape index (κ2) is 9.22. The number of hydrogen-bond acceptors (Lipinski definition) is 4. The monoisotopic (exact) mass is 376 g/mol. The molecule has 0 saturated heterocycles. The van der Waals surface area contributed by atoms with E-state index in [9.17, 15) is 9.59 Å². The van der Waals surface area contributed by atoms with Crippen molar-refractivity contribution in [3.05, 3.63) is 58.6 Å². The number of benzene rings is 2. The molecular weight excluding hydrogens is 356 g/mol. The lowest BCUT2D eigenvalue weighted by Crippen LogP contribution is -2.38. The molecule has 0 heterocycles. The molecule has 0 aromatic heterocycles. The molecule has 0 aliphatic heterocycles. The Balaban J connectivity index is 1.97. The molecule has 0 radical (unpaired) electrons. The molecule has 0 spiro atoms. The number of anilines is 1. The van der Waals surface area contributed by atoms with Gasteiger partial charge in [-0.15, -0.1) is 0 Å². The molecule has 0 aliphatic rings. The van der Waals surface area contributed by atoms with Crippen molar-refractivity contribution < 1.29 is 19.1 Å². The summed E-state index contributed by atoms with van der Waals surface area (Å²) in [6.45, 7) is 1.91. The number of hydrogen-bond donors (Lipinski definition) is 2. The summed E-state index contributed by atoms with van der Waals surface area (Å²) in [6, 6.07) is 12.4. The normalized spacial score (nSPS) is 11.5. The Bertz CT molecular complexity index is 795. The predicted molar refractivity (Wildman–Crippen MR) is 101 cm³/mol. The van der Waals surface area contributed by atoms with Crippen LogP contribution in [0.25, 0.3) is 0 Å². The zero-order valence-corrected chi connectivity index (χ0v) is 15.6. The van der Waals surface area contributed by atoms with Crippen molar-refractivity contribution in [3.8, 4) is 5.75 Å². The predicted octanol–water partition coefficient (Wildman–Crippen LogP) is 3.10. The molecule has 1 unspecified atom stereocenters. The first-order valence-electron chi connectivity index (χ1n) is 7.97. The van der Waals surface area contributed by atoms with Gasteiger partial charge in [0.2, 0.25) is 0 Å². The number of halogens is 1. The van der Waals surface area contributed by atoms with Gasteiger partial charge in [-0.2, -0.15) is 0 Å². The third-order valence-corrected chi connectivity index (χ3v) is 4.33. The molecule has 2 N–H and O–H groups in total. The Morgan fingerprint density at radius 1 is 1.12 bits per heavy atom. The first kappa shape index (κ1) is 19.8. The van der Waals surface area contributed by atoms with Crippen LogP contribution in [0, 0.1) is 6.92 Å². The molecule has 6 nitrogen and oxygen atoms in total. The fraction of sp³-hybridized carbons (Fsp3) is 0.263. The Morgan fingerprint density at radius 3 is 2.54 bits per heavy atom. The number of rotatable bonds is 6. The number of carbonyl (C=O) groups is 2. The minimum absolute atomic E-state index is 0.143. The van der Waals surface area contributed by atoms with Gasteiger partial charge in [0.15, 0.2) is 0 Å². The number of carbonyl (C=O) groups excluding carboxylic acids is 2. The van der Waals surface area contributed by atoms with Gasteiger partial charge >= 0.3 is 11.8 Å². The van der Waals surface area contributed by atoms with Crippen LogP contribution in [0.1, 0.15) is 17.2 Å². The molecule has 2 aromatic carbocycles. The van der Waals surface area contributed by atoms with Crippen molar-refractivity contribution in [3.63, 3.8) is 0 Å². The van der Waals surface area contributed by atoms with Gasteiger partial charge in [-0.1, -0.05) is 29.8 Å². The van der Waals surface area contributed by atoms with Crippen LogP contribution in [-0.2, 0) is 14.3 Å².